The average Bonchev–Trinajstić information content (AvgIpc) is 2.75. The molecule has 0 aliphatic carbocycles. The van der Waals surface area contributed by atoms with Gasteiger partial charge in [-0.2, -0.15) is 0 Å². The molecule has 0 heterocycles. The molecular weight excluding hydrogens is 366 g/mol. The second-order valence-electron chi connectivity index (χ2n) is 6.45. The van der Waals surface area contributed by atoms with E-state index in [-0.39, 0.29) is 5.91 Å². The fourth-order valence-electron chi connectivity index (χ4n) is 2.66. The molecule has 0 fully saturated rings. The highest BCUT2D eigenvalue weighted by atomic mass is 16.5. The summed E-state index contributed by atoms with van der Waals surface area (Å²) in [5, 5.41) is 2.84. The molecule has 3 rings (SSSR count). The molecular formula is C24H25NO4. The summed E-state index contributed by atoms with van der Waals surface area (Å²) in [6, 6.07) is 24.4. The zero-order valence-corrected chi connectivity index (χ0v) is 16.6. The van der Waals surface area contributed by atoms with E-state index >= 15 is 0 Å². The number of hydrogen-bond donors (Lipinski definition) is 1. The molecule has 150 valence electrons. The van der Waals surface area contributed by atoms with Crippen LogP contribution in [0.15, 0.2) is 78.9 Å². The van der Waals surface area contributed by atoms with E-state index in [2.05, 4.69) is 5.32 Å². The highest BCUT2D eigenvalue weighted by Gasteiger charge is 2.15. The van der Waals surface area contributed by atoms with Gasteiger partial charge in [-0.15, -0.1) is 0 Å². The van der Waals surface area contributed by atoms with Crippen LogP contribution in [0.2, 0.25) is 0 Å². The number of rotatable bonds is 9. The Kier molecular flexibility index (Phi) is 7.11. The highest BCUT2D eigenvalue weighted by Crippen LogP contribution is 2.20. The molecule has 0 bridgehead atoms. The van der Waals surface area contributed by atoms with E-state index < -0.39 is 6.10 Å². The summed E-state index contributed by atoms with van der Waals surface area (Å²) in [4.78, 5) is 12.4. The van der Waals surface area contributed by atoms with Gasteiger partial charge in [-0.1, -0.05) is 30.3 Å². The number of carbonyl (C=O) groups excluding carboxylic acids is 1. The molecule has 0 aliphatic rings. The van der Waals surface area contributed by atoms with Gasteiger partial charge >= 0.3 is 0 Å². The monoisotopic (exact) mass is 391 g/mol. The standard InChI is InChI=1S/C24H25NO4/c1-3-27-21-11-9-20(10-12-21)25-24(26)18(2)29-23-15-13-22(14-16-23)28-17-19-7-5-4-6-8-19/h4-16,18H,3,17H2,1-2H3,(H,25,26). The van der Waals surface area contributed by atoms with Crippen molar-refractivity contribution in [3.8, 4) is 17.2 Å². The van der Waals surface area contributed by atoms with E-state index in [0.29, 0.717) is 24.7 Å². The molecule has 5 nitrogen and oxygen atoms in total. The minimum Gasteiger partial charge on any atom is -0.494 e. The van der Waals surface area contributed by atoms with Crippen LogP contribution >= 0.6 is 0 Å². The summed E-state index contributed by atoms with van der Waals surface area (Å²) in [6.07, 6.45) is -0.641. The molecule has 0 saturated heterocycles. The third-order valence-electron chi connectivity index (χ3n) is 4.19. The summed E-state index contributed by atoms with van der Waals surface area (Å²) in [6.45, 7) is 4.75. The number of carbonyl (C=O) groups is 1. The lowest BCUT2D eigenvalue weighted by Crippen LogP contribution is -2.30. The second-order valence-corrected chi connectivity index (χ2v) is 6.45. The van der Waals surface area contributed by atoms with Crippen LogP contribution in [0.3, 0.4) is 0 Å². The van der Waals surface area contributed by atoms with Crippen molar-refractivity contribution in [3.63, 3.8) is 0 Å². The molecule has 3 aromatic rings. The maximum absolute atomic E-state index is 12.4. The third-order valence-corrected chi connectivity index (χ3v) is 4.19. The van der Waals surface area contributed by atoms with Crippen LogP contribution < -0.4 is 19.5 Å². The predicted octanol–water partition coefficient (Wildman–Crippen LogP) is 5.07. The van der Waals surface area contributed by atoms with Crippen molar-refractivity contribution in [2.75, 3.05) is 11.9 Å². The molecule has 1 unspecified atom stereocenters. The number of anilines is 1. The number of ether oxygens (including phenoxy) is 3. The maximum Gasteiger partial charge on any atom is 0.265 e. The van der Waals surface area contributed by atoms with Crippen molar-refractivity contribution in [1.82, 2.24) is 0 Å². The van der Waals surface area contributed by atoms with Crippen molar-refractivity contribution < 1.29 is 19.0 Å². The Morgan fingerprint density at radius 1 is 0.828 bits per heavy atom. The zero-order valence-electron chi connectivity index (χ0n) is 16.6. The smallest absolute Gasteiger partial charge is 0.265 e. The van der Waals surface area contributed by atoms with Crippen LogP contribution in [-0.4, -0.2) is 18.6 Å². The van der Waals surface area contributed by atoms with Gasteiger partial charge < -0.3 is 19.5 Å². The van der Waals surface area contributed by atoms with Crippen molar-refractivity contribution in [3.05, 3.63) is 84.4 Å². The van der Waals surface area contributed by atoms with Crippen molar-refractivity contribution >= 4 is 11.6 Å². The quantitative estimate of drug-likeness (QED) is 0.553. The number of hydrogen-bond acceptors (Lipinski definition) is 4. The molecule has 0 aliphatic heterocycles. The summed E-state index contributed by atoms with van der Waals surface area (Å²) < 4.78 is 16.9. The van der Waals surface area contributed by atoms with Crippen LogP contribution in [0.25, 0.3) is 0 Å². The van der Waals surface area contributed by atoms with E-state index in [0.717, 1.165) is 17.1 Å². The third kappa shape index (κ3) is 6.28. The topological polar surface area (TPSA) is 56.8 Å². The van der Waals surface area contributed by atoms with Gasteiger partial charge in [-0.3, -0.25) is 4.79 Å². The molecule has 1 N–H and O–H groups in total. The predicted molar refractivity (Wildman–Crippen MR) is 114 cm³/mol. The van der Waals surface area contributed by atoms with Crippen LogP contribution in [0.4, 0.5) is 5.69 Å². The van der Waals surface area contributed by atoms with E-state index in [4.69, 9.17) is 14.2 Å². The van der Waals surface area contributed by atoms with Crippen LogP contribution in [-0.2, 0) is 11.4 Å². The molecule has 0 saturated carbocycles. The molecule has 1 amide bonds. The van der Waals surface area contributed by atoms with E-state index in [1.54, 1.807) is 31.2 Å². The minimum absolute atomic E-state index is 0.224. The number of nitrogens with one attached hydrogen (secondary N) is 1. The van der Waals surface area contributed by atoms with Gasteiger partial charge in [-0.05, 0) is 67.9 Å². The van der Waals surface area contributed by atoms with Crippen LogP contribution in [0, 0.1) is 0 Å². The van der Waals surface area contributed by atoms with E-state index in [9.17, 15) is 4.79 Å². The van der Waals surface area contributed by atoms with E-state index in [1.165, 1.54) is 0 Å². The summed E-state index contributed by atoms with van der Waals surface area (Å²) in [5.41, 5.74) is 1.80. The fourth-order valence-corrected chi connectivity index (χ4v) is 2.66. The SMILES string of the molecule is CCOc1ccc(NC(=O)C(C)Oc2ccc(OCc3ccccc3)cc2)cc1. The Balaban J connectivity index is 1.49. The van der Waals surface area contributed by atoms with Gasteiger partial charge in [0, 0.05) is 5.69 Å². The Bertz CT molecular complexity index is 892. The lowest BCUT2D eigenvalue weighted by molar-refractivity contribution is -0.122. The minimum atomic E-state index is -0.641. The zero-order chi connectivity index (χ0) is 20.5. The van der Waals surface area contributed by atoms with Gasteiger partial charge in [0.2, 0.25) is 0 Å². The lowest BCUT2D eigenvalue weighted by Gasteiger charge is -2.15. The Morgan fingerprint density at radius 2 is 1.41 bits per heavy atom. The molecule has 1 atom stereocenters. The van der Waals surface area contributed by atoms with Crippen LogP contribution in [0.5, 0.6) is 17.2 Å². The van der Waals surface area contributed by atoms with Gasteiger partial charge in [0.15, 0.2) is 6.10 Å². The van der Waals surface area contributed by atoms with Gasteiger partial charge in [0.05, 0.1) is 6.61 Å². The van der Waals surface area contributed by atoms with Gasteiger partial charge in [0.1, 0.15) is 23.9 Å². The average molecular weight is 391 g/mol. The highest BCUT2D eigenvalue weighted by molar-refractivity contribution is 5.94. The number of amides is 1. The summed E-state index contributed by atoms with van der Waals surface area (Å²) >= 11 is 0. The van der Waals surface area contributed by atoms with Crippen molar-refractivity contribution in [2.45, 2.75) is 26.6 Å². The van der Waals surface area contributed by atoms with E-state index in [1.807, 2.05) is 61.5 Å². The normalized spacial score (nSPS) is 11.4. The first-order chi connectivity index (χ1) is 14.1. The molecule has 29 heavy (non-hydrogen) atoms. The Labute approximate surface area is 171 Å². The van der Waals surface area contributed by atoms with Crippen LogP contribution in [0.1, 0.15) is 19.4 Å². The Hall–Kier alpha value is -3.47. The summed E-state index contributed by atoms with van der Waals surface area (Å²) in [7, 11) is 0. The van der Waals surface area contributed by atoms with Crippen molar-refractivity contribution in [1.29, 1.82) is 0 Å². The van der Waals surface area contributed by atoms with Crippen molar-refractivity contribution in [2.24, 2.45) is 0 Å². The maximum atomic E-state index is 12.4. The molecule has 0 radical (unpaired) electrons. The largest absolute Gasteiger partial charge is 0.494 e. The first-order valence-corrected chi connectivity index (χ1v) is 9.61. The molecule has 3 aromatic carbocycles. The fraction of sp³-hybridized carbons (Fsp3) is 0.208. The molecule has 0 spiro atoms. The number of benzene rings is 3. The lowest BCUT2D eigenvalue weighted by atomic mass is 10.2. The molecule has 0 aromatic heterocycles. The van der Waals surface area contributed by atoms with Gasteiger partial charge in [0.25, 0.3) is 5.91 Å². The van der Waals surface area contributed by atoms with Gasteiger partial charge in [-0.25, -0.2) is 0 Å². The first kappa shape index (κ1) is 20.3. The second kappa shape index (κ2) is 10.2. The first-order valence-electron chi connectivity index (χ1n) is 9.61. The Morgan fingerprint density at radius 3 is 2.07 bits per heavy atom. The summed E-state index contributed by atoms with van der Waals surface area (Å²) in [5.74, 6) is 1.89. The molecule has 5 heteroatoms.